The molecule has 0 fully saturated rings. The van der Waals surface area contributed by atoms with Crippen molar-refractivity contribution in [1.29, 1.82) is 0 Å². The van der Waals surface area contributed by atoms with E-state index in [1.165, 1.54) is 0 Å². The summed E-state index contributed by atoms with van der Waals surface area (Å²) in [7, 11) is 1.80. The van der Waals surface area contributed by atoms with Gasteiger partial charge in [-0.05, 0) is 25.2 Å². The van der Waals surface area contributed by atoms with E-state index < -0.39 is 0 Å². The number of amides is 1. The maximum Gasteiger partial charge on any atom is 0.254 e. The Balaban J connectivity index is 2.53. The number of nitrogens with one attached hydrogen (secondary N) is 1. The van der Waals surface area contributed by atoms with Crippen molar-refractivity contribution in [1.82, 2.24) is 15.1 Å². The lowest BCUT2D eigenvalue weighted by Gasteiger charge is -2.24. The largest absolute Gasteiger partial charge is 0.396 e. The molecule has 0 saturated heterocycles. The fourth-order valence-corrected chi connectivity index (χ4v) is 1.88. The topological polar surface area (TPSA) is 67.2 Å². The van der Waals surface area contributed by atoms with Crippen LogP contribution in [0, 0.1) is 12.3 Å². The first-order valence-corrected chi connectivity index (χ1v) is 6.25. The lowest BCUT2D eigenvalue weighted by molar-refractivity contribution is 0.0932. The summed E-state index contributed by atoms with van der Waals surface area (Å²) in [6.45, 7) is 6.78. The zero-order valence-corrected chi connectivity index (χ0v) is 11.7. The fourth-order valence-electron chi connectivity index (χ4n) is 1.88. The van der Waals surface area contributed by atoms with Gasteiger partial charge >= 0.3 is 0 Å². The minimum atomic E-state index is -0.0855. The molecule has 0 unspecified atom stereocenters. The average Bonchev–Trinajstić information content (AvgIpc) is 2.63. The highest BCUT2D eigenvalue weighted by Crippen LogP contribution is 2.21. The lowest BCUT2D eigenvalue weighted by atomic mass is 9.88. The Kier molecular flexibility index (Phi) is 4.90. The van der Waals surface area contributed by atoms with Crippen LogP contribution in [0.2, 0.25) is 0 Å². The van der Waals surface area contributed by atoms with Crippen LogP contribution in [0.15, 0.2) is 6.20 Å². The van der Waals surface area contributed by atoms with E-state index in [-0.39, 0.29) is 17.9 Å². The summed E-state index contributed by atoms with van der Waals surface area (Å²) >= 11 is 0. The molecule has 0 aliphatic carbocycles. The summed E-state index contributed by atoms with van der Waals surface area (Å²) in [5.41, 5.74) is 1.35. The van der Waals surface area contributed by atoms with Gasteiger partial charge in [0.15, 0.2) is 0 Å². The second kappa shape index (κ2) is 6.00. The van der Waals surface area contributed by atoms with Crippen LogP contribution in [0.4, 0.5) is 0 Å². The minimum absolute atomic E-state index is 0.00545. The molecular weight excluding hydrogens is 230 g/mol. The van der Waals surface area contributed by atoms with Crippen LogP contribution in [0.25, 0.3) is 0 Å². The number of hydrogen-bond acceptors (Lipinski definition) is 3. The molecule has 0 atom stereocenters. The van der Waals surface area contributed by atoms with Crippen molar-refractivity contribution >= 4 is 5.91 Å². The highest BCUT2D eigenvalue weighted by Gasteiger charge is 2.20. The number of carbonyl (C=O) groups excluding carboxylic acids is 1. The van der Waals surface area contributed by atoms with E-state index in [9.17, 15) is 4.79 Å². The molecule has 1 aromatic heterocycles. The standard InChI is InChI=1S/C13H23N3O2/c1-10-11(8-16(4)15-10)12(18)14-9-13(2,3)6-5-7-17/h8,17H,5-7,9H2,1-4H3,(H,14,18). The van der Waals surface area contributed by atoms with Gasteiger partial charge in [-0.2, -0.15) is 5.10 Å². The first-order chi connectivity index (χ1) is 8.35. The maximum absolute atomic E-state index is 12.0. The molecule has 18 heavy (non-hydrogen) atoms. The van der Waals surface area contributed by atoms with Gasteiger partial charge in [0.05, 0.1) is 11.3 Å². The highest BCUT2D eigenvalue weighted by molar-refractivity contribution is 5.95. The molecule has 2 N–H and O–H groups in total. The van der Waals surface area contributed by atoms with Crippen LogP contribution >= 0.6 is 0 Å². The number of aromatic nitrogens is 2. The zero-order valence-electron chi connectivity index (χ0n) is 11.7. The summed E-state index contributed by atoms with van der Waals surface area (Å²) < 4.78 is 1.64. The van der Waals surface area contributed by atoms with E-state index in [0.29, 0.717) is 12.1 Å². The second-order valence-electron chi connectivity index (χ2n) is 5.48. The molecule has 0 aliphatic rings. The third-order valence-electron chi connectivity index (χ3n) is 3.00. The van der Waals surface area contributed by atoms with E-state index in [0.717, 1.165) is 18.5 Å². The third kappa shape index (κ3) is 4.14. The van der Waals surface area contributed by atoms with Crippen LogP contribution in [0.3, 0.4) is 0 Å². The third-order valence-corrected chi connectivity index (χ3v) is 3.00. The SMILES string of the molecule is Cc1nn(C)cc1C(=O)NCC(C)(C)CCCO. The van der Waals surface area contributed by atoms with E-state index in [1.807, 2.05) is 6.92 Å². The number of aliphatic hydroxyl groups is 1. The first-order valence-electron chi connectivity index (χ1n) is 6.25. The molecule has 5 nitrogen and oxygen atoms in total. The van der Waals surface area contributed by atoms with Gasteiger partial charge in [-0.25, -0.2) is 0 Å². The normalized spacial score (nSPS) is 11.6. The predicted octanol–water partition coefficient (Wildman–Crippen LogP) is 1.26. The number of carbonyl (C=O) groups is 1. The monoisotopic (exact) mass is 253 g/mol. The lowest BCUT2D eigenvalue weighted by Crippen LogP contribution is -2.34. The molecule has 0 spiro atoms. The maximum atomic E-state index is 12.0. The Hall–Kier alpha value is -1.36. The number of hydrogen-bond donors (Lipinski definition) is 2. The fraction of sp³-hybridized carbons (Fsp3) is 0.692. The zero-order chi connectivity index (χ0) is 13.8. The van der Waals surface area contributed by atoms with Crippen molar-refractivity contribution in [3.8, 4) is 0 Å². The van der Waals surface area contributed by atoms with Gasteiger partial charge in [-0.15, -0.1) is 0 Å². The smallest absolute Gasteiger partial charge is 0.254 e. The van der Waals surface area contributed by atoms with Crippen molar-refractivity contribution in [2.24, 2.45) is 12.5 Å². The molecular formula is C13H23N3O2. The van der Waals surface area contributed by atoms with Gasteiger partial charge in [-0.1, -0.05) is 13.8 Å². The average molecular weight is 253 g/mol. The van der Waals surface area contributed by atoms with Gasteiger partial charge in [0.2, 0.25) is 0 Å². The molecule has 1 aromatic rings. The van der Waals surface area contributed by atoms with E-state index in [2.05, 4.69) is 24.3 Å². The van der Waals surface area contributed by atoms with Crippen LogP contribution in [0.5, 0.6) is 0 Å². The Labute approximate surface area is 108 Å². The van der Waals surface area contributed by atoms with Crippen molar-refractivity contribution in [2.45, 2.75) is 33.6 Å². The predicted molar refractivity (Wildman–Crippen MR) is 70.4 cm³/mol. The molecule has 0 radical (unpaired) electrons. The summed E-state index contributed by atoms with van der Waals surface area (Å²) in [4.78, 5) is 12.0. The Morgan fingerprint density at radius 3 is 2.72 bits per heavy atom. The van der Waals surface area contributed by atoms with Gasteiger partial charge < -0.3 is 10.4 Å². The van der Waals surface area contributed by atoms with Gasteiger partial charge in [0.25, 0.3) is 5.91 Å². The van der Waals surface area contributed by atoms with Crippen molar-refractivity contribution in [3.63, 3.8) is 0 Å². The molecule has 1 rings (SSSR count). The van der Waals surface area contributed by atoms with E-state index in [4.69, 9.17) is 5.11 Å². The summed E-state index contributed by atoms with van der Waals surface area (Å²) in [6.07, 6.45) is 3.37. The molecule has 102 valence electrons. The quantitative estimate of drug-likeness (QED) is 0.802. The van der Waals surface area contributed by atoms with Crippen LogP contribution in [-0.2, 0) is 7.05 Å². The molecule has 1 heterocycles. The summed E-state index contributed by atoms with van der Waals surface area (Å²) in [6, 6.07) is 0. The van der Waals surface area contributed by atoms with E-state index in [1.54, 1.807) is 17.9 Å². The summed E-state index contributed by atoms with van der Waals surface area (Å²) in [5, 5.41) is 15.9. The van der Waals surface area contributed by atoms with Gasteiger partial charge in [0, 0.05) is 26.4 Å². The van der Waals surface area contributed by atoms with Gasteiger partial charge in [0.1, 0.15) is 0 Å². The number of aliphatic hydroxyl groups excluding tert-OH is 1. The first kappa shape index (κ1) is 14.7. The number of rotatable bonds is 6. The molecule has 5 heteroatoms. The molecule has 0 bridgehead atoms. The number of aryl methyl sites for hydroxylation is 2. The number of nitrogens with zero attached hydrogens (tertiary/aromatic N) is 2. The van der Waals surface area contributed by atoms with Crippen LogP contribution in [-0.4, -0.2) is 33.9 Å². The molecule has 0 aliphatic heterocycles. The Morgan fingerprint density at radius 1 is 1.56 bits per heavy atom. The summed E-state index contributed by atoms with van der Waals surface area (Å²) in [5.74, 6) is -0.0855. The molecule has 1 amide bonds. The van der Waals surface area contributed by atoms with Crippen molar-refractivity contribution < 1.29 is 9.90 Å². The van der Waals surface area contributed by atoms with Crippen molar-refractivity contribution in [3.05, 3.63) is 17.5 Å². The van der Waals surface area contributed by atoms with Crippen LogP contribution in [0.1, 0.15) is 42.7 Å². The Morgan fingerprint density at radius 2 is 2.22 bits per heavy atom. The molecule has 0 aromatic carbocycles. The van der Waals surface area contributed by atoms with Crippen LogP contribution < -0.4 is 5.32 Å². The van der Waals surface area contributed by atoms with Crippen molar-refractivity contribution in [2.75, 3.05) is 13.2 Å². The second-order valence-corrected chi connectivity index (χ2v) is 5.48. The van der Waals surface area contributed by atoms with E-state index >= 15 is 0 Å². The Bertz CT molecular complexity index is 410. The molecule has 0 saturated carbocycles. The van der Waals surface area contributed by atoms with Gasteiger partial charge in [-0.3, -0.25) is 9.48 Å². The minimum Gasteiger partial charge on any atom is -0.396 e. The highest BCUT2D eigenvalue weighted by atomic mass is 16.2.